The van der Waals surface area contributed by atoms with Gasteiger partial charge in [0.1, 0.15) is 17.3 Å². The van der Waals surface area contributed by atoms with Crippen molar-refractivity contribution in [3.8, 4) is 0 Å². The van der Waals surface area contributed by atoms with Crippen molar-refractivity contribution in [2.24, 2.45) is 15.9 Å². The summed E-state index contributed by atoms with van der Waals surface area (Å²) in [6.07, 6.45) is 3.93. The zero-order valence-corrected chi connectivity index (χ0v) is 9.28. The minimum atomic E-state index is 0.00511. The SMILES string of the molecule is COC1=C(OC)CC2C(=C1)N=CN=C2Cl. The number of allylic oxidation sites excluding steroid dienone is 3. The Morgan fingerprint density at radius 1 is 1.40 bits per heavy atom. The fourth-order valence-electron chi connectivity index (χ4n) is 1.64. The first-order chi connectivity index (χ1) is 7.26. The van der Waals surface area contributed by atoms with Crippen molar-refractivity contribution >= 4 is 23.1 Å². The lowest BCUT2D eigenvalue weighted by atomic mass is 9.95. The quantitative estimate of drug-likeness (QED) is 0.724. The molecule has 0 saturated heterocycles. The molecule has 0 aromatic carbocycles. The molecule has 4 nitrogen and oxygen atoms in total. The molecule has 2 aliphatic rings. The second-order valence-corrected chi connectivity index (χ2v) is 3.61. The summed E-state index contributed by atoms with van der Waals surface area (Å²) < 4.78 is 10.4. The number of aliphatic imine (C=N–C) groups is 2. The van der Waals surface area contributed by atoms with Crippen LogP contribution in [-0.2, 0) is 9.47 Å². The molecule has 0 radical (unpaired) electrons. The average molecular weight is 227 g/mol. The van der Waals surface area contributed by atoms with E-state index in [1.807, 2.05) is 6.08 Å². The minimum Gasteiger partial charge on any atom is -0.497 e. The zero-order chi connectivity index (χ0) is 10.8. The Balaban J connectivity index is 2.37. The number of rotatable bonds is 2. The monoisotopic (exact) mass is 226 g/mol. The highest BCUT2D eigenvalue weighted by Gasteiger charge is 2.29. The molecular weight excluding hydrogens is 216 g/mol. The lowest BCUT2D eigenvalue weighted by Gasteiger charge is -2.24. The van der Waals surface area contributed by atoms with E-state index in [0.29, 0.717) is 17.4 Å². The van der Waals surface area contributed by atoms with Gasteiger partial charge in [0.25, 0.3) is 0 Å². The van der Waals surface area contributed by atoms with E-state index in [4.69, 9.17) is 21.1 Å². The molecule has 0 spiro atoms. The summed E-state index contributed by atoms with van der Waals surface area (Å²) in [7, 11) is 3.22. The Kier molecular flexibility index (Phi) is 2.77. The van der Waals surface area contributed by atoms with E-state index in [0.717, 1.165) is 11.5 Å². The smallest absolute Gasteiger partial charge is 0.158 e. The Hall–Kier alpha value is -1.29. The number of nitrogens with zero attached hydrogens (tertiary/aromatic N) is 2. The zero-order valence-electron chi connectivity index (χ0n) is 8.53. The third-order valence-electron chi connectivity index (χ3n) is 2.44. The third kappa shape index (κ3) is 1.77. The molecule has 1 unspecified atom stereocenters. The van der Waals surface area contributed by atoms with Crippen LogP contribution in [-0.4, -0.2) is 25.7 Å². The molecule has 0 N–H and O–H groups in total. The molecule has 15 heavy (non-hydrogen) atoms. The Morgan fingerprint density at radius 3 is 2.87 bits per heavy atom. The number of fused-ring (bicyclic) bond motifs is 1. The predicted octanol–water partition coefficient (Wildman–Crippen LogP) is 2.07. The first-order valence-electron chi connectivity index (χ1n) is 4.54. The highest BCUT2D eigenvalue weighted by molar-refractivity contribution is 6.66. The average Bonchev–Trinajstić information content (AvgIpc) is 2.28. The fourth-order valence-corrected chi connectivity index (χ4v) is 1.87. The maximum atomic E-state index is 6.00. The van der Waals surface area contributed by atoms with Gasteiger partial charge in [0.15, 0.2) is 5.76 Å². The molecule has 1 aliphatic heterocycles. The van der Waals surface area contributed by atoms with E-state index in [1.54, 1.807) is 14.2 Å². The summed E-state index contributed by atoms with van der Waals surface area (Å²) in [4.78, 5) is 8.13. The molecular formula is C10H11ClN2O2. The number of hydrogen-bond acceptors (Lipinski definition) is 4. The highest BCUT2D eigenvalue weighted by Crippen LogP contribution is 2.33. The van der Waals surface area contributed by atoms with Gasteiger partial charge in [0, 0.05) is 12.5 Å². The molecule has 1 atom stereocenters. The van der Waals surface area contributed by atoms with Gasteiger partial charge in [-0.05, 0) is 0 Å². The van der Waals surface area contributed by atoms with Gasteiger partial charge in [-0.1, -0.05) is 11.6 Å². The number of methoxy groups -OCH3 is 2. The van der Waals surface area contributed by atoms with Crippen LogP contribution >= 0.6 is 11.6 Å². The van der Waals surface area contributed by atoms with Crippen molar-refractivity contribution in [2.45, 2.75) is 6.42 Å². The summed E-state index contributed by atoms with van der Waals surface area (Å²) >= 11 is 6.00. The van der Waals surface area contributed by atoms with Crippen LogP contribution in [0.15, 0.2) is 33.3 Å². The Bertz CT molecular complexity index is 396. The number of halogens is 1. The van der Waals surface area contributed by atoms with Crippen molar-refractivity contribution in [3.63, 3.8) is 0 Å². The lowest BCUT2D eigenvalue weighted by molar-refractivity contribution is 0.213. The van der Waals surface area contributed by atoms with Crippen molar-refractivity contribution in [1.82, 2.24) is 0 Å². The van der Waals surface area contributed by atoms with Crippen LogP contribution in [0.5, 0.6) is 0 Å². The van der Waals surface area contributed by atoms with E-state index >= 15 is 0 Å². The molecule has 0 saturated carbocycles. The van der Waals surface area contributed by atoms with E-state index in [2.05, 4.69) is 9.98 Å². The second-order valence-electron chi connectivity index (χ2n) is 3.22. The number of ether oxygens (including phenoxy) is 2. The fraction of sp³-hybridized carbons (Fsp3) is 0.400. The van der Waals surface area contributed by atoms with Crippen LogP contribution in [0.4, 0.5) is 0 Å². The van der Waals surface area contributed by atoms with Crippen molar-refractivity contribution in [1.29, 1.82) is 0 Å². The molecule has 2 rings (SSSR count). The van der Waals surface area contributed by atoms with Gasteiger partial charge in [0.2, 0.25) is 0 Å². The summed E-state index contributed by atoms with van der Waals surface area (Å²) in [5.74, 6) is 1.48. The summed E-state index contributed by atoms with van der Waals surface area (Å²) in [6, 6.07) is 0. The summed E-state index contributed by atoms with van der Waals surface area (Å²) in [5, 5.41) is 0.543. The Labute approximate surface area is 93.0 Å². The molecule has 1 aliphatic carbocycles. The topological polar surface area (TPSA) is 43.2 Å². The third-order valence-corrected chi connectivity index (χ3v) is 2.80. The van der Waals surface area contributed by atoms with Crippen LogP contribution in [0.1, 0.15) is 6.42 Å². The first kappa shape index (κ1) is 10.2. The molecule has 0 fully saturated rings. The minimum absolute atomic E-state index is 0.00511. The maximum Gasteiger partial charge on any atom is 0.158 e. The summed E-state index contributed by atoms with van der Waals surface area (Å²) in [6.45, 7) is 0. The molecule has 0 bridgehead atoms. The first-order valence-corrected chi connectivity index (χ1v) is 4.92. The van der Waals surface area contributed by atoms with Crippen molar-refractivity contribution in [2.75, 3.05) is 14.2 Å². The van der Waals surface area contributed by atoms with Crippen LogP contribution in [0.3, 0.4) is 0 Å². The highest BCUT2D eigenvalue weighted by atomic mass is 35.5. The number of hydrogen-bond donors (Lipinski definition) is 0. The standard InChI is InChI=1S/C10H11ClN2O2/c1-14-8-3-6-7(4-9(8)15-2)12-5-13-10(6)11/h4-6H,3H2,1-2H3. The van der Waals surface area contributed by atoms with E-state index < -0.39 is 0 Å². The van der Waals surface area contributed by atoms with Crippen LogP contribution in [0.25, 0.3) is 0 Å². The van der Waals surface area contributed by atoms with E-state index in [1.165, 1.54) is 6.34 Å². The van der Waals surface area contributed by atoms with Gasteiger partial charge in [-0.25, -0.2) is 9.98 Å². The summed E-state index contributed by atoms with van der Waals surface area (Å²) in [5.41, 5.74) is 0.868. The maximum absolute atomic E-state index is 6.00. The molecule has 1 heterocycles. The van der Waals surface area contributed by atoms with E-state index in [9.17, 15) is 0 Å². The van der Waals surface area contributed by atoms with Crippen LogP contribution in [0.2, 0.25) is 0 Å². The molecule has 80 valence electrons. The lowest BCUT2D eigenvalue weighted by Crippen LogP contribution is -2.20. The normalized spacial score (nSPS) is 24.3. The largest absolute Gasteiger partial charge is 0.497 e. The molecule has 0 aromatic rings. The molecule has 5 heteroatoms. The Morgan fingerprint density at radius 2 is 2.20 bits per heavy atom. The second kappa shape index (κ2) is 4.06. The van der Waals surface area contributed by atoms with Crippen LogP contribution in [0, 0.1) is 5.92 Å². The predicted molar refractivity (Wildman–Crippen MR) is 59.0 cm³/mol. The van der Waals surface area contributed by atoms with Gasteiger partial charge in [-0.15, -0.1) is 0 Å². The van der Waals surface area contributed by atoms with Crippen LogP contribution < -0.4 is 0 Å². The van der Waals surface area contributed by atoms with Gasteiger partial charge < -0.3 is 9.47 Å². The van der Waals surface area contributed by atoms with Gasteiger partial charge in [-0.3, -0.25) is 0 Å². The molecule has 0 amide bonds. The van der Waals surface area contributed by atoms with Gasteiger partial charge in [-0.2, -0.15) is 0 Å². The molecule has 0 aromatic heterocycles. The van der Waals surface area contributed by atoms with E-state index in [-0.39, 0.29) is 5.92 Å². The van der Waals surface area contributed by atoms with Gasteiger partial charge >= 0.3 is 0 Å². The van der Waals surface area contributed by atoms with Gasteiger partial charge in [0.05, 0.1) is 25.8 Å². The van der Waals surface area contributed by atoms with Crippen molar-refractivity contribution < 1.29 is 9.47 Å². The van der Waals surface area contributed by atoms with Crippen molar-refractivity contribution in [3.05, 3.63) is 23.3 Å².